The molecule has 0 saturated heterocycles. The van der Waals surface area contributed by atoms with Crippen LogP contribution in [0.5, 0.6) is 17.2 Å². The average Bonchev–Trinajstić information content (AvgIpc) is 2.49. The first-order valence-electron chi connectivity index (χ1n) is 7.10. The predicted octanol–water partition coefficient (Wildman–Crippen LogP) is 3.01. The van der Waals surface area contributed by atoms with Crippen molar-refractivity contribution in [2.24, 2.45) is 5.10 Å². The summed E-state index contributed by atoms with van der Waals surface area (Å²) in [6, 6.07) is 8.09. The van der Waals surface area contributed by atoms with Crippen LogP contribution in [0.1, 0.15) is 16.7 Å². The highest BCUT2D eigenvalue weighted by atomic mass is 79.9. The number of phenolic OH excluding ortho intramolecular Hbond substituents is 2. The van der Waals surface area contributed by atoms with Gasteiger partial charge in [0.15, 0.2) is 18.1 Å². The zero-order valence-electron chi connectivity index (χ0n) is 13.2. The number of amides is 1. The number of benzene rings is 2. The lowest BCUT2D eigenvalue weighted by atomic mass is 10.1. The van der Waals surface area contributed by atoms with E-state index in [2.05, 4.69) is 26.5 Å². The van der Waals surface area contributed by atoms with Crippen LogP contribution in [0.25, 0.3) is 0 Å². The molecule has 2 aromatic carbocycles. The average molecular weight is 393 g/mol. The maximum Gasteiger partial charge on any atom is 0.277 e. The van der Waals surface area contributed by atoms with Crippen LogP contribution in [0.15, 0.2) is 39.9 Å². The fourth-order valence-electron chi connectivity index (χ4n) is 2.05. The van der Waals surface area contributed by atoms with E-state index in [9.17, 15) is 15.0 Å². The zero-order chi connectivity index (χ0) is 17.7. The molecule has 0 aliphatic rings. The SMILES string of the molecule is Cc1cc(C)c(OCC(=O)NN=Cc2ccc(O)c(O)c2)c(Br)c1. The van der Waals surface area contributed by atoms with Gasteiger partial charge in [-0.1, -0.05) is 6.07 Å². The molecule has 0 spiro atoms. The third-order valence-corrected chi connectivity index (χ3v) is 3.71. The second kappa shape index (κ2) is 7.83. The number of phenols is 2. The van der Waals surface area contributed by atoms with Crippen molar-refractivity contribution in [1.29, 1.82) is 0 Å². The summed E-state index contributed by atoms with van der Waals surface area (Å²) in [4.78, 5) is 11.8. The molecule has 2 aromatic rings. The molecule has 126 valence electrons. The van der Waals surface area contributed by atoms with E-state index in [1.54, 1.807) is 6.07 Å². The monoisotopic (exact) mass is 392 g/mol. The fraction of sp³-hybridized carbons (Fsp3) is 0.176. The Morgan fingerprint density at radius 3 is 2.67 bits per heavy atom. The largest absolute Gasteiger partial charge is 0.504 e. The molecule has 0 fully saturated rings. The highest BCUT2D eigenvalue weighted by Crippen LogP contribution is 2.30. The summed E-state index contributed by atoms with van der Waals surface area (Å²) in [7, 11) is 0. The molecule has 0 unspecified atom stereocenters. The van der Waals surface area contributed by atoms with Crippen molar-refractivity contribution >= 4 is 28.1 Å². The Kier molecular flexibility index (Phi) is 5.81. The maximum atomic E-state index is 11.8. The van der Waals surface area contributed by atoms with Gasteiger partial charge in [-0.2, -0.15) is 5.10 Å². The van der Waals surface area contributed by atoms with Gasteiger partial charge in [-0.15, -0.1) is 0 Å². The van der Waals surface area contributed by atoms with E-state index in [0.717, 1.165) is 15.6 Å². The third kappa shape index (κ3) is 4.73. The zero-order valence-corrected chi connectivity index (χ0v) is 14.8. The van der Waals surface area contributed by atoms with Gasteiger partial charge in [-0.3, -0.25) is 4.79 Å². The van der Waals surface area contributed by atoms with Crippen molar-refractivity contribution < 1.29 is 19.7 Å². The minimum absolute atomic E-state index is 0.180. The highest BCUT2D eigenvalue weighted by Gasteiger charge is 2.09. The number of nitrogens with one attached hydrogen (secondary N) is 1. The second-order valence-corrected chi connectivity index (χ2v) is 6.08. The summed E-state index contributed by atoms with van der Waals surface area (Å²) in [6.07, 6.45) is 1.35. The molecule has 6 nitrogen and oxygen atoms in total. The number of hydrogen-bond acceptors (Lipinski definition) is 5. The Balaban J connectivity index is 1.90. The molecule has 0 aliphatic carbocycles. The summed E-state index contributed by atoms with van der Waals surface area (Å²) >= 11 is 3.41. The molecule has 0 atom stereocenters. The Labute approximate surface area is 147 Å². The number of hydrogen-bond donors (Lipinski definition) is 3. The van der Waals surface area contributed by atoms with E-state index in [-0.39, 0.29) is 18.1 Å². The Bertz CT molecular complexity index is 767. The Morgan fingerprint density at radius 2 is 2.00 bits per heavy atom. The molecule has 0 radical (unpaired) electrons. The second-order valence-electron chi connectivity index (χ2n) is 5.22. The summed E-state index contributed by atoms with van der Waals surface area (Å²) in [5, 5.41) is 22.4. The smallest absolute Gasteiger partial charge is 0.277 e. The molecule has 1 amide bonds. The van der Waals surface area contributed by atoms with E-state index in [0.29, 0.717) is 11.3 Å². The number of halogens is 1. The molecule has 0 saturated carbocycles. The lowest BCUT2D eigenvalue weighted by molar-refractivity contribution is -0.123. The minimum atomic E-state index is -0.416. The summed E-state index contributed by atoms with van der Waals surface area (Å²) in [5.41, 5.74) is 4.89. The predicted molar refractivity (Wildman–Crippen MR) is 94.6 cm³/mol. The maximum absolute atomic E-state index is 11.8. The van der Waals surface area contributed by atoms with Gasteiger partial charge >= 0.3 is 0 Å². The molecular weight excluding hydrogens is 376 g/mol. The first-order chi connectivity index (χ1) is 11.4. The summed E-state index contributed by atoms with van der Waals surface area (Å²) < 4.78 is 6.30. The molecular formula is C17H17BrN2O4. The number of aryl methyl sites for hydroxylation is 2. The standard InChI is InChI=1S/C17H17BrN2O4/c1-10-5-11(2)17(13(18)6-10)24-9-16(23)20-19-8-12-3-4-14(21)15(22)7-12/h3-8,21-22H,9H2,1-2H3,(H,20,23). The molecule has 2 rings (SSSR count). The van der Waals surface area contributed by atoms with E-state index >= 15 is 0 Å². The number of aromatic hydroxyl groups is 2. The molecule has 0 bridgehead atoms. The number of carbonyl (C=O) groups excluding carboxylic acids is 1. The van der Waals surface area contributed by atoms with Crippen molar-refractivity contribution in [3.8, 4) is 17.2 Å². The van der Waals surface area contributed by atoms with Gasteiger partial charge in [0.1, 0.15) is 5.75 Å². The van der Waals surface area contributed by atoms with Crippen LogP contribution in [-0.4, -0.2) is 28.9 Å². The van der Waals surface area contributed by atoms with Gasteiger partial charge in [0.2, 0.25) is 0 Å². The number of nitrogens with zero attached hydrogens (tertiary/aromatic N) is 1. The normalized spacial score (nSPS) is 10.8. The topological polar surface area (TPSA) is 91.2 Å². The van der Waals surface area contributed by atoms with Gasteiger partial charge in [-0.25, -0.2) is 5.43 Å². The first-order valence-corrected chi connectivity index (χ1v) is 7.89. The third-order valence-electron chi connectivity index (χ3n) is 3.12. The highest BCUT2D eigenvalue weighted by molar-refractivity contribution is 9.10. The van der Waals surface area contributed by atoms with Crippen LogP contribution in [0, 0.1) is 13.8 Å². The number of hydrazone groups is 1. The van der Waals surface area contributed by atoms with Crippen LogP contribution in [0.2, 0.25) is 0 Å². The Hall–Kier alpha value is -2.54. The van der Waals surface area contributed by atoms with E-state index in [1.807, 2.05) is 26.0 Å². The van der Waals surface area contributed by atoms with Gasteiger partial charge in [0.05, 0.1) is 10.7 Å². The van der Waals surface area contributed by atoms with Crippen molar-refractivity contribution in [3.63, 3.8) is 0 Å². The van der Waals surface area contributed by atoms with Crippen LogP contribution >= 0.6 is 15.9 Å². The van der Waals surface area contributed by atoms with Crippen molar-refractivity contribution in [2.75, 3.05) is 6.61 Å². The van der Waals surface area contributed by atoms with Crippen molar-refractivity contribution in [2.45, 2.75) is 13.8 Å². The van der Waals surface area contributed by atoms with Gasteiger partial charge < -0.3 is 14.9 Å². The van der Waals surface area contributed by atoms with Crippen LogP contribution in [0.3, 0.4) is 0 Å². The molecule has 24 heavy (non-hydrogen) atoms. The van der Waals surface area contributed by atoms with Crippen LogP contribution < -0.4 is 10.2 Å². The molecule has 0 aliphatic heterocycles. The lowest BCUT2D eigenvalue weighted by Gasteiger charge is -2.11. The fourth-order valence-corrected chi connectivity index (χ4v) is 2.84. The molecule has 7 heteroatoms. The summed E-state index contributed by atoms with van der Waals surface area (Å²) in [6.45, 7) is 3.70. The van der Waals surface area contributed by atoms with Gasteiger partial charge in [0.25, 0.3) is 5.91 Å². The quantitative estimate of drug-likeness (QED) is 0.414. The Morgan fingerprint density at radius 1 is 1.25 bits per heavy atom. The number of rotatable bonds is 5. The van der Waals surface area contributed by atoms with E-state index in [1.165, 1.54) is 18.3 Å². The number of ether oxygens (including phenoxy) is 1. The summed E-state index contributed by atoms with van der Waals surface area (Å²) in [5.74, 6) is -0.277. The molecule has 0 heterocycles. The van der Waals surface area contributed by atoms with Crippen molar-refractivity contribution in [1.82, 2.24) is 5.43 Å². The van der Waals surface area contributed by atoms with Gasteiger partial charge in [-0.05, 0) is 70.7 Å². The van der Waals surface area contributed by atoms with Gasteiger partial charge in [0, 0.05) is 0 Å². The van der Waals surface area contributed by atoms with Crippen LogP contribution in [0.4, 0.5) is 0 Å². The first kappa shape index (κ1) is 17.8. The van der Waals surface area contributed by atoms with E-state index in [4.69, 9.17) is 4.74 Å². The van der Waals surface area contributed by atoms with Crippen LogP contribution in [-0.2, 0) is 4.79 Å². The lowest BCUT2D eigenvalue weighted by Crippen LogP contribution is -2.24. The van der Waals surface area contributed by atoms with Crippen molar-refractivity contribution in [3.05, 3.63) is 51.5 Å². The minimum Gasteiger partial charge on any atom is -0.504 e. The molecule has 0 aromatic heterocycles. The number of carbonyl (C=O) groups is 1. The molecule has 3 N–H and O–H groups in total. The van der Waals surface area contributed by atoms with E-state index < -0.39 is 5.91 Å².